The van der Waals surface area contributed by atoms with Gasteiger partial charge in [-0.3, -0.25) is 0 Å². The zero-order valence-electron chi connectivity index (χ0n) is 13.0. The molecular weight excluding hydrogens is 236 g/mol. The second kappa shape index (κ2) is 8.18. The van der Waals surface area contributed by atoms with Crippen LogP contribution in [-0.4, -0.2) is 32.1 Å². The average Bonchev–Trinajstić information content (AvgIpc) is 2.40. The van der Waals surface area contributed by atoms with Gasteiger partial charge in [-0.1, -0.05) is 13.0 Å². The van der Waals surface area contributed by atoms with Gasteiger partial charge in [0.05, 0.1) is 6.61 Å². The molecule has 0 fully saturated rings. The van der Waals surface area contributed by atoms with Crippen LogP contribution in [0.25, 0.3) is 0 Å². The van der Waals surface area contributed by atoms with Crippen molar-refractivity contribution in [3.63, 3.8) is 0 Å². The van der Waals surface area contributed by atoms with Crippen molar-refractivity contribution in [2.24, 2.45) is 0 Å². The first-order valence-corrected chi connectivity index (χ1v) is 7.23. The van der Waals surface area contributed by atoms with E-state index in [1.807, 2.05) is 14.0 Å². The van der Waals surface area contributed by atoms with Gasteiger partial charge < -0.3 is 15.0 Å². The lowest BCUT2D eigenvalue weighted by molar-refractivity contribution is 0.303. The molecule has 0 saturated carbocycles. The minimum absolute atomic E-state index is 0.367. The van der Waals surface area contributed by atoms with Gasteiger partial charge in [-0.2, -0.15) is 0 Å². The highest BCUT2D eigenvalue weighted by Crippen LogP contribution is 2.24. The van der Waals surface area contributed by atoms with Crippen LogP contribution in [0, 0.1) is 0 Å². The zero-order chi connectivity index (χ0) is 14.3. The molecule has 1 aromatic rings. The minimum Gasteiger partial charge on any atom is -0.494 e. The maximum atomic E-state index is 5.74. The van der Waals surface area contributed by atoms with Crippen LogP contribution in [0.5, 0.6) is 5.75 Å². The molecule has 19 heavy (non-hydrogen) atoms. The summed E-state index contributed by atoms with van der Waals surface area (Å²) in [6.45, 7) is 9.18. The first-order chi connectivity index (χ1) is 9.12. The molecule has 1 unspecified atom stereocenters. The fourth-order valence-electron chi connectivity index (χ4n) is 2.21. The third kappa shape index (κ3) is 4.84. The zero-order valence-corrected chi connectivity index (χ0v) is 13.0. The molecule has 0 heterocycles. The summed E-state index contributed by atoms with van der Waals surface area (Å²) < 4.78 is 5.74. The van der Waals surface area contributed by atoms with Gasteiger partial charge in [0, 0.05) is 18.2 Å². The van der Waals surface area contributed by atoms with Crippen molar-refractivity contribution in [3.05, 3.63) is 29.3 Å². The van der Waals surface area contributed by atoms with Crippen molar-refractivity contribution < 1.29 is 4.74 Å². The summed E-state index contributed by atoms with van der Waals surface area (Å²) in [6.07, 6.45) is 1.17. The number of nitrogens with one attached hydrogen (secondary N) is 1. The van der Waals surface area contributed by atoms with Gasteiger partial charge in [0.1, 0.15) is 5.75 Å². The Morgan fingerprint density at radius 2 is 2.05 bits per heavy atom. The van der Waals surface area contributed by atoms with Crippen LogP contribution in [0.4, 0.5) is 0 Å². The molecule has 0 bridgehead atoms. The summed E-state index contributed by atoms with van der Waals surface area (Å²) in [6, 6.07) is 6.88. The Labute approximate surface area is 118 Å². The number of benzene rings is 1. The lowest BCUT2D eigenvalue weighted by atomic mass is 10.0. The van der Waals surface area contributed by atoms with Crippen molar-refractivity contribution in [2.75, 3.05) is 27.2 Å². The van der Waals surface area contributed by atoms with E-state index in [0.29, 0.717) is 12.6 Å². The summed E-state index contributed by atoms with van der Waals surface area (Å²) in [5.41, 5.74) is 2.59. The molecule has 0 amide bonds. The second-order valence-electron chi connectivity index (χ2n) is 5.05. The van der Waals surface area contributed by atoms with Crippen molar-refractivity contribution in [2.45, 2.75) is 39.8 Å². The Hall–Kier alpha value is -1.06. The summed E-state index contributed by atoms with van der Waals surface area (Å²) in [5.74, 6) is 1.01. The fourth-order valence-corrected chi connectivity index (χ4v) is 2.21. The van der Waals surface area contributed by atoms with Crippen molar-refractivity contribution in [1.29, 1.82) is 0 Å². The minimum atomic E-state index is 0.367. The normalized spacial score (nSPS) is 12.7. The maximum Gasteiger partial charge on any atom is 0.123 e. The number of rotatable bonds is 8. The van der Waals surface area contributed by atoms with E-state index < -0.39 is 0 Å². The molecule has 108 valence electrons. The quantitative estimate of drug-likeness (QED) is 0.780. The Kier molecular flexibility index (Phi) is 6.89. The molecule has 1 rings (SSSR count). The fraction of sp³-hybridized carbons (Fsp3) is 0.625. The molecule has 0 aliphatic heterocycles. The van der Waals surface area contributed by atoms with Gasteiger partial charge in [0.2, 0.25) is 0 Å². The Balaban J connectivity index is 2.94. The lowest BCUT2D eigenvalue weighted by Gasteiger charge is -2.20. The lowest BCUT2D eigenvalue weighted by Crippen LogP contribution is -2.20. The highest BCUT2D eigenvalue weighted by atomic mass is 16.5. The molecule has 1 aromatic carbocycles. The van der Waals surface area contributed by atoms with Crippen LogP contribution in [0.3, 0.4) is 0 Å². The largest absolute Gasteiger partial charge is 0.494 e. The molecular formula is C16H28N2O. The first-order valence-electron chi connectivity index (χ1n) is 7.23. The predicted octanol–water partition coefficient (Wildman–Crippen LogP) is 3.21. The molecule has 3 heteroatoms. The molecule has 0 aliphatic carbocycles. The molecule has 1 N–H and O–H groups in total. The number of hydrogen-bond donors (Lipinski definition) is 1. The number of hydrogen-bond acceptors (Lipinski definition) is 3. The van der Waals surface area contributed by atoms with Crippen LogP contribution >= 0.6 is 0 Å². The first kappa shape index (κ1) is 16.0. The maximum absolute atomic E-state index is 5.74. The van der Waals surface area contributed by atoms with E-state index in [9.17, 15) is 0 Å². The summed E-state index contributed by atoms with van der Waals surface area (Å²) in [7, 11) is 4.15. The van der Waals surface area contributed by atoms with Gasteiger partial charge in [-0.25, -0.2) is 0 Å². The smallest absolute Gasteiger partial charge is 0.123 e. The van der Waals surface area contributed by atoms with E-state index in [1.54, 1.807) is 0 Å². The van der Waals surface area contributed by atoms with Crippen LogP contribution in [0.15, 0.2) is 18.2 Å². The topological polar surface area (TPSA) is 24.5 Å². The van der Waals surface area contributed by atoms with Gasteiger partial charge in [-0.15, -0.1) is 0 Å². The SMILES string of the molecule is CCCN(C)Cc1cc(C(C)NC)ccc1OCC. The number of nitrogens with zero attached hydrogens (tertiary/aromatic N) is 1. The highest BCUT2D eigenvalue weighted by Gasteiger charge is 2.10. The van der Waals surface area contributed by atoms with Crippen LogP contribution in [0.2, 0.25) is 0 Å². The van der Waals surface area contributed by atoms with Gasteiger partial charge in [-0.05, 0) is 58.6 Å². The van der Waals surface area contributed by atoms with Crippen LogP contribution < -0.4 is 10.1 Å². The molecule has 0 aliphatic rings. The van der Waals surface area contributed by atoms with E-state index in [1.165, 1.54) is 17.5 Å². The van der Waals surface area contributed by atoms with Gasteiger partial charge in [0.15, 0.2) is 0 Å². The summed E-state index contributed by atoms with van der Waals surface area (Å²) in [4.78, 5) is 2.34. The van der Waals surface area contributed by atoms with Gasteiger partial charge >= 0.3 is 0 Å². The van der Waals surface area contributed by atoms with Crippen molar-refractivity contribution in [3.8, 4) is 5.75 Å². The molecule has 1 atom stereocenters. The number of ether oxygens (including phenoxy) is 1. The molecule has 3 nitrogen and oxygen atoms in total. The molecule has 0 aromatic heterocycles. The Bertz CT molecular complexity index is 379. The highest BCUT2D eigenvalue weighted by molar-refractivity contribution is 5.38. The second-order valence-corrected chi connectivity index (χ2v) is 5.05. The third-order valence-corrected chi connectivity index (χ3v) is 3.36. The summed E-state index contributed by atoms with van der Waals surface area (Å²) >= 11 is 0. The molecule has 0 radical (unpaired) electrons. The van der Waals surface area contributed by atoms with E-state index in [-0.39, 0.29) is 0 Å². The van der Waals surface area contributed by atoms with E-state index >= 15 is 0 Å². The Morgan fingerprint density at radius 3 is 2.63 bits per heavy atom. The Morgan fingerprint density at radius 1 is 1.32 bits per heavy atom. The standard InChI is InChI=1S/C16H28N2O/c1-6-10-18(5)12-15-11-14(13(3)17-4)8-9-16(15)19-7-2/h8-9,11,13,17H,6-7,10,12H2,1-5H3. The van der Waals surface area contributed by atoms with Crippen LogP contribution in [0.1, 0.15) is 44.4 Å². The third-order valence-electron chi connectivity index (χ3n) is 3.36. The van der Waals surface area contributed by atoms with Crippen molar-refractivity contribution in [1.82, 2.24) is 10.2 Å². The van der Waals surface area contributed by atoms with Crippen molar-refractivity contribution >= 4 is 0 Å². The van der Waals surface area contributed by atoms with Crippen LogP contribution in [-0.2, 0) is 6.54 Å². The van der Waals surface area contributed by atoms with E-state index in [0.717, 1.165) is 18.8 Å². The summed E-state index contributed by atoms with van der Waals surface area (Å²) in [5, 5.41) is 3.28. The van der Waals surface area contributed by atoms with E-state index in [2.05, 4.69) is 49.3 Å². The molecule has 0 saturated heterocycles. The average molecular weight is 264 g/mol. The monoisotopic (exact) mass is 264 g/mol. The van der Waals surface area contributed by atoms with Gasteiger partial charge in [0.25, 0.3) is 0 Å². The molecule has 0 spiro atoms. The predicted molar refractivity (Wildman–Crippen MR) is 81.7 cm³/mol. The van der Waals surface area contributed by atoms with E-state index in [4.69, 9.17) is 4.74 Å².